The van der Waals surface area contributed by atoms with Gasteiger partial charge in [-0.1, -0.05) is 30.3 Å². The molecule has 3 nitrogen and oxygen atoms in total. The molecule has 0 fully saturated rings. The van der Waals surface area contributed by atoms with Gasteiger partial charge in [0.05, 0.1) is 7.11 Å². The van der Waals surface area contributed by atoms with Gasteiger partial charge in [-0.2, -0.15) is 0 Å². The summed E-state index contributed by atoms with van der Waals surface area (Å²) in [5.41, 5.74) is 2.47. The van der Waals surface area contributed by atoms with E-state index < -0.39 is 0 Å². The van der Waals surface area contributed by atoms with E-state index in [1.807, 2.05) is 54.6 Å². The fourth-order valence-corrected chi connectivity index (χ4v) is 3.01. The lowest BCUT2D eigenvalue weighted by atomic mass is 10.1. The van der Waals surface area contributed by atoms with Gasteiger partial charge in [0.25, 0.3) is 0 Å². The normalized spacial score (nSPS) is 11.6. The molecule has 3 aromatic carbocycles. The van der Waals surface area contributed by atoms with Gasteiger partial charge >= 0.3 is 0 Å². The maximum absolute atomic E-state index is 5.83. The van der Waals surface area contributed by atoms with Gasteiger partial charge in [-0.15, -0.1) is 0 Å². The zero-order valence-corrected chi connectivity index (χ0v) is 16.0. The van der Waals surface area contributed by atoms with E-state index >= 15 is 0 Å². The van der Waals surface area contributed by atoms with Crippen LogP contribution in [0.3, 0.4) is 0 Å². The standard InChI is InChI=1S/C24H27NO2/c1-19(7-6-8-20-11-15-22(26-2)16-12-20)25-21-13-17-24(18-14-21)27-23-9-4-3-5-10-23/h3-5,9-19,25H,6-8H2,1-2H3. The van der Waals surface area contributed by atoms with E-state index in [4.69, 9.17) is 9.47 Å². The van der Waals surface area contributed by atoms with Crippen LogP contribution in [0.4, 0.5) is 5.69 Å². The van der Waals surface area contributed by atoms with Crippen molar-refractivity contribution in [1.82, 2.24) is 0 Å². The Kier molecular flexibility index (Phi) is 6.75. The summed E-state index contributed by atoms with van der Waals surface area (Å²) >= 11 is 0. The summed E-state index contributed by atoms with van der Waals surface area (Å²) in [5.74, 6) is 2.61. The number of anilines is 1. The minimum Gasteiger partial charge on any atom is -0.497 e. The Balaban J connectivity index is 1.42. The fraction of sp³-hybridized carbons (Fsp3) is 0.250. The third kappa shape index (κ3) is 6.07. The Morgan fingerprint density at radius 3 is 2.07 bits per heavy atom. The van der Waals surface area contributed by atoms with E-state index in [9.17, 15) is 0 Å². The van der Waals surface area contributed by atoms with E-state index in [0.717, 1.165) is 42.2 Å². The topological polar surface area (TPSA) is 30.5 Å². The SMILES string of the molecule is COc1ccc(CCCC(C)Nc2ccc(Oc3ccccc3)cc2)cc1. The first-order valence-corrected chi connectivity index (χ1v) is 9.45. The first-order chi connectivity index (χ1) is 13.2. The van der Waals surface area contributed by atoms with Crippen LogP contribution in [0.1, 0.15) is 25.3 Å². The number of benzene rings is 3. The van der Waals surface area contributed by atoms with Gasteiger partial charge in [0.2, 0.25) is 0 Å². The Labute approximate surface area is 162 Å². The molecule has 1 unspecified atom stereocenters. The van der Waals surface area contributed by atoms with Crippen molar-refractivity contribution in [3.05, 3.63) is 84.4 Å². The lowest BCUT2D eigenvalue weighted by Crippen LogP contribution is -2.15. The molecule has 0 aliphatic rings. The van der Waals surface area contributed by atoms with Gasteiger partial charge in [-0.05, 0) is 80.3 Å². The van der Waals surface area contributed by atoms with Crippen LogP contribution < -0.4 is 14.8 Å². The van der Waals surface area contributed by atoms with Gasteiger partial charge in [0.1, 0.15) is 17.2 Å². The van der Waals surface area contributed by atoms with E-state index in [2.05, 4.69) is 36.5 Å². The zero-order valence-electron chi connectivity index (χ0n) is 16.0. The summed E-state index contributed by atoms with van der Waals surface area (Å²) in [4.78, 5) is 0. The summed E-state index contributed by atoms with van der Waals surface area (Å²) in [7, 11) is 1.70. The Morgan fingerprint density at radius 2 is 1.41 bits per heavy atom. The number of rotatable bonds is 9. The second-order valence-electron chi connectivity index (χ2n) is 6.73. The lowest BCUT2D eigenvalue weighted by molar-refractivity contribution is 0.414. The number of para-hydroxylation sites is 1. The van der Waals surface area contributed by atoms with Crippen molar-refractivity contribution in [2.24, 2.45) is 0 Å². The molecule has 1 N–H and O–H groups in total. The van der Waals surface area contributed by atoms with E-state index in [0.29, 0.717) is 6.04 Å². The summed E-state index contributed by atoms with van der Waals surface area (Å²) in [6, 6.07) is 26.7. The number of hydrogen-bond acceptors (Lipinski definition) is 3. The summed E-state index contributed by atoms with van der Waals surface area (Å²) in [5, 5.41) is 3.56. The van der Waals surface area contributed by atoms with Crippen LogP contribution in [0.2, 0.25) is 0 Å². The van der Waals surface area contributed by atoms with Gasteiger partial charge < -0.3 is 14.8 Å². The van der Waals surface area contributed by atoms with Crippen LogP contribution in [0.5, 0.6) is 17.2 Å². The second kappa shape index (κ2) is 9.67. The largest absolute Gasteiger partial charge is 0.497 e. The van der Waals surface area contributed by atoms with Crippen molar-refractivity contribution in [1.29, 1.82) is 0 Å². The molecule has 0 aliphatic carbocycles. The van der Waals surface area contributed by atoms with Crippen LogP contribution in [0, 0.1) is 0 Å². The molecule has 0 saturated carbocycles. The minimum atomic E-state index is 0.421. The van der Waals surface area contributed by atoms with Crippen molar-refractivity contribution in [3.8, 4) is 17.2 Å². The van der Waals surface area contributed by atoms with Crippen molar-refractivity contribution < 1.29 is 9.47 Å². The Bertz CT molecular complexity index is 798. The molecule has 1 atom stereocenters. The highest BCUT2D eigenvalue weighted by Gasteiger charge is 2.04. The molecule has 3 heteroatoms. The first kappa shape index (κ1) is 18.8. The Hall–Kier alpha value is -2.94. The average Bonchev–Trinajstić information content (AvgIpc) is 2.71. The average molecular weight is 361 g/mol. The minimum absolute atomic E-state index is 0.421. The van der Waals surface area contributed by atoms with Gasteiger partial charge in [-0.25, -0.2) is 0 Å². The van der Waals surface area contributed by atoms with Crippen LogP contribution in [0.25, 0.3) is 0 Å². The zero-order chi connectivity index (χ0) is 18.9. The van der Waals surface area contributed by atoms with Gasteiger partial charge in [-0.3, -0.25) is 0 Å². The van der Waals surface area contributed by atoms with E-state index in [1.165, 1.54) is 5.56 Å². The molecule has 0 radical (unpaired) electrons. The Morgan fingerprint density at radius 1 is 0.778 bits per heavy atom. The maximum Gasteiger partial charge on any atom is 0.127 e. The second-order valence-corrected chi connectivity index (χ2v) is 6.73. The highest BCUT2D eigenvalue weighted by atomic mass is 16.5. The number of aryl methyl sites for hydroxylation is 1. The molecule has 140 valence electrons. The molecule has 0 heterocycles. The third-order valence-corrected chi connectivity index (χ3v) is 4.51. The maximum atomic E-state index is 5.83. The molecule has 0 aromatic heterocycles. The molecule has 3 aromatic rings. The van der Waals surface area contributed by atoms with Crippen molar-refractivity contribution in [2.45, 2.75) is 32.2 Å². The molecular formula is C24H27NO2. The molecule has 0 saturated heterocycles. The molecule has 0 amide bonds. The van der Waals surface area contributed by atoms with Gasteiger partial charge in [0, 0.05) is 11.7 Å². The lowest BCUT2D eigenvalue weighted by Gasteiger charge is -2.16. The van der Waals surface area contributed by atoms with Crippen molar-refractivity contribution in [2.75, 3.05) is 12.4 Å². The number of hydrogen-bond donors (Lipinski definition) is 1. The number of ether oxygens (including phenoxy) is 2. The highest BCUT2D eigenvalue weighted by molar-refractivity contribution is 5.47. The third-order valence-electron chi connectivity index (χ3n) is 4.51. The first-order valence-electron chi connectivity index (χ1n) is 9.45. The quantitative estimate of drug-likeness (QED) is 0.484. The summed E-state index contributed by atoms with van der Waals surface area (Å²) in [6.45, 7) is 2.22. The van der Waals surface area contributed by atoms with Crippen LogP contribution in [-0.2, 0) is 6.42 Å². The number of methoxy groups -OCH3 is 1. The van der Waals surface area contributed by atoms with E-state index in [1.54, 1.807) is 7.11 Å². The van der Waals surface area contributed by atoms with Crippen molar-refractivity contribution in [3.63, 3.8) is 0 Å². The molecule has 0 spiro atoms. The molecular weight excluding hydrogens is 334 g/mol. The molecule has 0 aliphatic heterocycles. The summed E-state index contributed by atoms with van der Waals surface area (Å²) in [6.07, 6.45) is 3.35. The molecule has 3 rings (SSSR count). The molecule has 27 heavy (non-hydrogen) atoms. The van der Waals surface area contributed by atoms with E-state index in [-0.39, 0.29) is 0 Å². The predicted octanol–water partition coefficient (Wildman–Crippen LogP) is 6.31. The van der Waals surface area contributed by atoms with Crippen LogP contribution >= 0.6 is 0 Å². The van der Waals surface area contributed by atoms with Crippen LogP contribution in [0.15, 0.2) is 78.9 Å². The predicted molar refractivity (Wildman–Crippen MR) is 112 cm³/mol. The monoisotopic (exact) mass is 361 g/mol. The fourth-order valence-electron chi connectivity index (χ4n) is 3.01. The highest BCUT2D eigenvalue weighted by Crippen LogP contribution is 2.23. The summed E-state index contributed by atoms with van der Waals surface area (Å²) < 4.78 is 11.0. The number of nitrogens with one attached hydrogen (secondary N) is 1. The van der Waals surface area contributed by atoms with Gasteiger partial charge in [0.15, 0.2) is 0 Å². The smallest absolute Gasteiger partial charge is 0.127 e. The van der Waals surface area contributed by atoms with Crippen LogP contribution in [-0.4, -0.2) is 13.2 Å². The molecule has 0 bridgehead atoms. The van der Waals surface area contributed by atoms with Crippen molar-refractivity contribution >= 4 is 5.69 Å².